The van der Waals surface area contributed by atoms with Crippen molar-refractivity contribution >= 4 is 5.97 Å². The average molecular weight is 354 g/mol. The van der Waals surface area contributed by atoms with Crippen molar-refractivity contribution in [3.63, 3.8) is 0 Å². The molecule has 134 valence electrons. The van der Waals surface area contributed by atoms with Crippen LogP contribution in [0.4, 0.5) is 22.0 Å². The molecule has 1 aromatic carbocycles. The number of carbonyl (C=O) groups excluding carboxylic acids is 1. The van der Waals surface area contributed by atoms with Crippen LogP contribution in [-0.2, 0) is 14.3 Å². The zero-order valence-corrected chi connectivity index (χ0v) is 12.9. The third-order valence-corrected chi connectivity index (χ3v) is 4.56. The second-order valence-electron chi connectivity index (χ2n) is 5.78. The molecule has 4 nitrogen and oxygen atoms in total. The van der Waals surface area contributed by atoms with Crippen LogP contribution in [0.5, 0.6) is 5.75 Å². The summed E-state index contributed by atoms with van der Waals surface area (Å²) in [7, 11) is 0.960. The molecule has 0 aliphatic carbocycles. The van der Waals surface area contributed by atoms with E-state index in [-0.39, 0.29) is 5.56 Å². The van der Waals surface area contributed by atoms with Crippen molar-refractivity contribution in [1.29, 1.82) is 0 Å². The Morgan fingerprint density at radius 3 is 2.42 bits per heavy atom. The molecule has 1 heterocycles. The zero-order chi connectivity index (χ0) is 18.4. The number of halogens is 5. The number of aromatic hydroxyl groups is 1. The Hall–Kier alpha value is -1.90. The molecule has 1 aliphatic heterocycles. The maximum Gasteiger partial charge on any atom is 0.417 e. The van der Waals surface area contributed by atoms with Gasteiger partial charge in [-0.2, -0.15) is 17.6 Å². The first-order valence-corrected chi connectivity index (χ1v) is 6.95. The minimum absolute atomic E-state index is 0.357. The molecular formula is C15H15F5O4. The summed E-state index contributed by atoms with van der Waals surface area (Å²) in [6, 6.07) is 1.59. The van der Waals surface area contributed by atoms with Crippen LogP contribution in [0.25, 0.3) is 0 Å². The lowest BCUT2D eigenvalue weighted by molar-refractivity contribution is -0.274. The van der Waals surface area contributed by atoms with Crippen LogP contribution in [0.2, 0.25) is 0 Å². The minimum atomic E-state index is -4.83. The molecule has 1 aliphatic rings. The molecule has 1 N–H and O–H groups in total. The van der Waals surface area contributed by atoms with Gasteiger partial charge in [0, 0.05) is 17.4 Å². The van der Waals surface area contributed by atoms with Gasteiger partial charge in [-0.3, -0.25) is 0 Å². The molecule has 0 spiro atoms. The van der Waals surface area contributed by atoms with Crippen LogP contribution in [0.1, 0.15) is 25.3 Å². The lowest BCUT2D eigenvalue weighted by Crippen LogP contribution is -2.47. The fraction of sp³-hybridized carbons (Fsp3) is 0.533. The van der Waals surface area contributed by atoms with Crippen LogP contribution in [0.3, 0.4) is 0 Å². The molecule has 4 atom stereocenters. The Bertz CT molecular complexity index is 660. The van der Waals surface area contributed by atoms with Crippen molar-refractivity contribution in [3.05, 3.63) is 29.3 Å². The number of hydrogen-bond acceptors (Lipinski definition) is 4. The summed E-state index contributed by atoms with van der Waals surface area (Å²) in [6.07, 6.45) is -6.56. The minimum Gasteiger partial charge on any atom is -0.505 e. The molecule has 0 radical (unpaired) electrons. The summed E-state index contributed by atoms with van der Waals surface area (Å²) in [4.78, 5) is 11.9. The normalized spacial score (nSPS) is 30.4. The Balaban J connectivity index is 2.61. The summed E-state index contributed by atoms with van der Waals surface area (Å²) in [6.45, 7) is 1.91. The molecule has 0 amide bonds. The first-order valence-electron chi connectivity index (χ1n) is 6.95. The van der Waals surface area contributed by atoms with E-state index in [0.29, 0.717) is 6.07 Å². The molecule has 2 rings (SSSR count). The van der Waals surface area contributed by atoms with E-state index in [0.717, 1.165) is 27.0 Å². The van der Waals surface area contributed by atoms with E-state index in [9.17, 15) is 31.9 Å². The Kier molecular flexibility index (Phi) is 4.51. The highest BCUT2D eigenvalue weighted by atomic mass is 19.4. The summed E-state index contributed by atoms with van der Waals surface area (Å²) >= 11 is 0. The van der Waals surface area contributed by atoms with E-state index in [4.69, 9.17) is 4.74 Å². The van der Waals surface area contributed by atoms with Crippen LogP contribution in [0, 0.1) is 17.6 Å². The van der Waals surface area contributed by atoms with Gasteiger partial charge in [-0.15, -0.1) is 0 Å². The highest BCUT2D eigenvalue weighted by Crippen LogP contribution is 2.54. The number of methoxy groups -OCH3 is 1. The molecule has 0 unspecified atom stereocenters. The number of phenols is 1. The molecule has 24 heavy (non-hydrogen) atoms. The third kappa shape index (κ3) is 2.60. The van der Waals surface area contributed by atoms with Gasteiger partial charge in [-0.25, -0.2) is 9.18 Å². The van der Waals surface area contributed by atoms with Crippen LogP contribution in [-0.4, -0.2) is 36.1 Å². The first kappa shape index (κ1) is 18.4. The lowest BCUT2D eigenvalue weighted by atomic mass is 9.77. The molecule has 1 fully saturated rings. The van der Waals surface area contributed by atoms with E-state index in [1.165, 1.54) is 0 Å². The standard InChI is InChI=1S/C15H15F5O4/c1-6-9(7-4-5-8(16)10(17)11(7)21)12(13(22)23-3)24-14(6,2)15(18,19)20/h4-6,9,12,21H,1-3H3/t6-,9-,12+,14+/m0/s1. The molecular weight excluding hydrogens is 339 g/mol. The van der Waals surface area contributed by atoms with Gasteiger partial charge < -0.3 is 14.6 Å². The number of alkyl halides is 3. The topological polar surface area (TPSA) is 55.8 Å². The maximum atomic E-state index is 13.6. The number of hydrogen-bond donors (Lipinski definition) is 1. The highest BCUT2D eigenvalue weighted by Gasteiger charge is 2.66. The summed E-state index contributed by atoms with van der Waals surface area (Å²) in [5.74, 6) is -7.99. The van der Waals surface area contributed by atoms with Gasteiger partial charge in [0.25, 0.3) is 0 Å². The van der Waals surface area contributed by atoms with Gasteiger partial charge in [0.1, 0.15) is 0 Å². The third-order valence-electron chi connectivity index (χ3n) is 4.56. The van der Waals surface area contributed by atoms with Gasteiger partial charge in [0.05, 0.1) is 7.11 Å². The second kappa shape index (κ2) is 5.87. The van der Waals surface area contributed by atoms with Crippen LogP contribution in [0.15, 0.2) is 12.1 Å². The van der Waals surface area contributed by atoms with Gasteiger partial charge in [-0.1, -0.05) is 13.0 Å². The highest BCUT2D eigenvalue weighted by molar-refractivity contribution is 5.77. The number of carbonyl (C=O) groups is 1. The number of rotatable bonds is 2. The van der Waals surface area contributed by atoms with Gasteiger partial charge in [0.15, 0.2) is 23.3 Å². The second-order valence-corrected chi connectivity index (χ2v) is 5.78. The van der Waals surface area contributed by atoms with E-state index in [1.54, 1.807) is 0 Å². The first-order chi connectivity index (χ1) is 11.0. The molecule has 9 heteroatoms. The van der Waals surface area contributed by atoms with E-state index < -0.39 is 53.1 Å². The van der Waals surface area contributed by atoms with Crippen molar-refractivity contribution in [2.75, 3.05) is 7.11 Å². The van der Waals surface area contributed by atoms with Gasteiger partial charge >= 0.3 is 12.1 Å². The predicted molar refractivity (Wildman–Crippen MR) is 71.3 cm³/mol. The van der Waals surface area contributed by atoms with Crippen molar-refractivity contribution < 1.29 is 41.3 Å². The van der Waals surface area contributed by atoms with Crippen molar-refractivity contribution in [2.45, 2.75) is 37.6 Å². The molecule has 1 aromatic rings. The molecule has 1 saturated heterocycles. The van der Waals surface area contributed by atoms with Gasteiger partial charge in [0.2, 0.25) is 5.82 Å². The lowest BCUT2D eigenvalue weighted by Gasteiger charge is -2.31. The summed E-state index contributed by atoms with van der Waals surface area (Å²) in [5, 5.41) is 9.80. The van der Waals surface area contributed by atoms with Crippen molar-refractivity contribution in [2.24, 2.45) is 5.92 Å². The number of benzene rings is 1. The van der Waals surface area contributed by atoms with Crippen molar-refractivity contribution in [3.8, 4) is 5.75 Å². The largest absolute Gasteiger partial charge is 0.505 e. The Morgan fingerprint density at radius 2 is 1.92 bits per heavy atom. The van der Waals surface area contributed by atoms with Crippen molar-refractivity contribution in [1.82, 2.24) is 0 Å². The average Bonchev–Trinajstić information content (AvgIpc) is 2.78. The van der Waals surface area contributed by atoms with E-state index in [2.05, 4.69) is 4.74 Å². The summed E-state index contributed by atoms with van der Waals surface area (Å²) in [5.41, 5.74) is -3.09. The molecule has 0 aromatic heterocycles. The number of esters is 1. The smallest absolute Gasteiger partial charge is 0.417 e. The molecule has 0 bridgehead atoms. The number of ether oxygens (including phenoxy) is 2. The fourth-order valence-corrected chi connectivity index (χ4v) is 2.94. The SMILES string of the molecule is COC(=O)[C@@H]1O[C@@](C)(C(F)(F)F)[C@@H](C)[C@H]1c1ccc(F)c(F)c1O. The maximum absolute atomic E-state index is 13.6. The van der Waals surface area contributed by atoms with E-state index in [1.807, 2.05) is 0 Å². The Morgan fingerprint density at radius 1 is 1.33 bits per heavy atom. The van der Waals surface area contributed by atoms with E-state index >= 15 is 0 Å². The zero-order valence-electron chi connectivity index (χ0n) is 12.9. The monoisotopic (exact) mass is 354 g/mol. The summed E-state index contributed by atoms with van der Waals surface area (Å²) < 4.78 is 76.4. The quantitative estimate of drug-likeness (QED) is 0.654. The van der Waals surface area contributed by atoms with Crippen LogP contribution >= 0.6 is 0 Å². The molecule has 0 saturated carbocycles. The van der Waals surface area contributed by atoms with Crippen LogP contribution < -0.4 is 0 Å². The Labute approximate surface area is 134 Å². The fourth-order valence-electron chi connectivity index (χ4n) is 2.94. The predicted octanol–water partition coefficient (Wildman–Crippen LogP) is 3.28. The number of phenolic OH excluding ortho intramolecular Hbond substituents is 1. The van der Waals surface area contributed by atoms with Gasteiger partial charge in [-0.05, 0) is 13.0 Å².